The second-order valence-corrected chi connectivity index (χ2v) is 7.30. The summed E-state index contributed by atoms with van der Waals surface area (Å²) in [5, 5.41) is 9.56. The van der Waals surface area contributed by atoms with Gasteiger partial charge in [-0.1, -0.05) is 24.3 Å². The van der Waals surface area contributed by atoms with E-state index in [-0.39, 0.29) is 6.61 Å². The fourth-order valence-electron chi connectivity index (χ4n) is 3.85. The standard InChI is InChI=1S/C23H32N2O3/c1-3-28-22-9-7-19(8-10-22)16-24-12-13-25(21(18-24)11-14-26)17-20-5-4-6-23(15-20)27-2/h4-10,15,21,26H,3,11-14,16-18H2,1-2H3/t21-/m0/s1. The molecule has 5 nitrogen and oxygen atoms in total. The molecule has 28 heavy (non-hydrogen) atoms. The van der Waals surface area contributed by atoms with Crippen molar-refractivity contribution in [2.24, 2.45) is 0 Å². The van der Waals surface area contributed by atoms with E-state index < -0.39 is 0 Å². The number of aliphatic hydroxyl groups is 1. The van der Waals surface area contributed by atoms with Gasteiger partial charge in [-0.25, -0.2) is 0 Å². The van der Waals surface area contributed by atoms with Gasteiger partial charge in [-0.3, -0.25) is 9.80 Å². The summed E-state index contributed by atoms with van der Waals surface area (Å²) in [4.78, 5) is 4.97. The zero-order valence-electron chi connectivity index (χ0n) is 17.0. The van der Waals surface area contributed by atoms with Crippen molar-refractivity contribution in [3.8, 4) is 11.5 Å². The third-order valence-electron chi connectivity index (χ3n) is 5.31. The number of nitrogens with zero attached hydrogens (tertiary/aromatic N) is 2. The van der Waals surface area contributed by atoms with E-state index in [4.69, 9.17) is 9.47 Å². The SMILES string of the molecule is CCOc1ccc(CN2CCN(Cc3cccc(OC)c3)[C@@H](CCO)C2)cc1. The van der Waals surface area contributed by atoms with Gasteiger partial charge in [0, 0.05) is 45.4 Å². The van der Waals surface area contributed by atoms with Gasteiger partial charge in [0.1, 0.15) is 11.5 Å². The average Bonchev–Trinajstić information content (AvgIpc) is 2.72. The molecule has 1 fully saturated rings. The number of aliphatic hydroxyl groups excluding tert-OH is 1. The first-order chi connectivity index (χ1) is 13.7. The van der Waals surface area contributed by atoms with Gasteiger partial charge in [0.05, 0.1) is 13.7 Å². The summed E-state index contributed by atoms with van der Waals surface area (Å²) in [6.45, 7) is 7.73. The summed E-state index contributed by atoms with van der Waals surface area (Å²) in [5.41, 5.74) is 2.55. The monoisotopic (exact) mass is 384 g/mol. The predicted octanol–water partition coefficient (Wildman–Crippen LogP) is 3.16. The molecule has 1 atom stereocenters. The Morgan fingerprint density at radius 2 is 1.82 bits per heavy atom. The quantitative estimate of drug-likeness (QED) is 0.720. The van der Waals surface area contributed by atoms with E-state index in [2.05, 4.69) is 34.1 Å². The van der Waals surface area contributed by atoms with Crippen molar-refractivity contribution in [2.75, 3.05) is 40.0 Å². The summed E-state index contributed by atoms with van der Waals surface area (Å²) in [7, 11) is 1.70. The highest BCUT2D eigenvalue weighted by Crippen LogP contribution is 2.21. The average molecular weight is 385 g/mol. The van der Waals surface area contributed by atoms with Crippen molar-refractivity contribution in [1.82, 2.24) is 9.80 Å². The molecule has 2 aromatic rings. The van der Waals surface area contributed by atoms with E-state index in [0.29, 0.717) is 12.6 Å². The Morgan fingerprint density at radius 1 is 1.00 bits per heavy atom. The van der Waals surface area contributed by atoms with E-state index in [1.807, 2.05) is 31.2 Å². The number of benzene rings is 2. The number of methoxy groups -OCH3 is 1. The zero-order chi connectivity index (χ0) is 19.8. The van der Waals surface area contributed by atoms with Crippen LogP contribution in [0.5, 0.6) is 11.5 Å². The molecule has 1 heterocycles. The second-order valence-electron chi connectivity index (χ2n) is 7.30. The fraction of sp³-hybridized carbons (Fsp3) is 0.478. The molecule has 0 spiro atoms. The summed E-state index contributed by atoms with van der Waals surface area (Å²) in [6.07, 6.45) is 0.795. The van der Waals surface area contributed by atoms with E-state index in [9.17, 15) is 5.11 Å². The van der Waals surface area contributed by atoms with Crippen LogP contribution < -0.4 is 9.47 Å². The van der Waals surface area contributed by atoms with Crippen molar-refractivity contribution >= 4 is 0 Å². The topological polar surface area (TPSA) is 45.2 Å². The molecule has 0 radical (unpaired) electrons. The van der Waals surface area contributed by atoms with Crippen molar-refractivity contribution in [3.05, 3.63) is 59.7 Å². The highest BCUT2D eigenvalue weighted by molar-refractivity contribution is 5.29. The summed E-state index contributed by atoms with van der Waals surface area (Å²) in [6, 6.07) is 17.0. The Kier molecular flexibility index (Phi) is 7.71. The Bertz CT molecular complexity index is 720. The fourth-order valence-corrected chi connectivity index (χ4v) is 3.85. The van der Waals surface area contributed by atoms with Crippen LogP contribution in [0.3, 0.4) is 0 Å². The second kappa shape index (κ2) is 10.5. The minimum atomic E-state index is 0.218. The minimum absolute atomic E-state index is 0.218. The zero-order valence-corrected chi connectivity index (χ0v) is 17.0. The van der Waals surface area contributed by atoms with Gasteiger partial charge >= 0.3 is 0 Å². The maximum absolute atomic E-state index is 9.56. The smallest absolute Gasteiger partial charge is 0.119 e. The van der Waals surface area contributed by atoms with Crippen LogP contribution in [-0.2, 0) is 13.1 Å². The highest BCUT2D eigenvalue weighted by atomic mass is 16.5. The lowest BCUT2D eigenvalue weighted by atomic mass is 10.1. The van der Waals surface area contributed by atoms with Crippen LogP contribution in [0.25, 0.3) is 0 Å². The molecule has 0 saturated carbocycles. The minimum Gasteiger partial charge on any atom is -0.497 e. The molecule has 1 saturated heterocycles. The maximum Gasteiger partial charge on any atom is 0.119 e. The molecule has 3 rings (SSSR count). The Morgan fingerprint density at radius 3 is 2.54 bits per heavy atom. The summed E-state index contributed by atoms with van der Waals surface area (Å²) < 4.78 is 10.9. The van der Waals surface area contributed by atoms with Crippen LogP contribution in [0.1, 0.15) is 24.5 Å². The van der Waals surface area contributed by atoms with E-state index >= 15 is 0 Å². The van der Waals surface area contributed by atoms with Gasteiger partial charge in [-0.2, -0.15) is 0 Å². The predicted molar refractivity (Wildman–Crippen MR) is 112 cm³/mol. The Labute approximate surface area is 168 Å². The maximum atomic E-state index is 9.56. The number of rotatable bonds is 9. The van der Waals surface area contributed by atoms with Gasteiger partial charge in [-0.05, 0) is 48.7 Å². The number of hydrogen-bond donors (Lipinski definition) is 1. The van der Waals surface area contributed by atoms with Crippen molar-refractivity contribution in [3.63, 3.8) is 0 Å². The third kappa shape index (κ3) is 5.71. The van der Waals surface area contributed by atoms with E-state index in [1.165, 1.54) is 11.1 Å². The largest absolute Gasteiger partial charge is 0.497 e. The van der Waals surface area contributed by atoms with Gasteiger partial charge in [-0.15, -0.1) is 0 Å². The summed E-state index contributed by atoms with van der Waals surface area (Å²) in [5.74, 6) is 1.82. The van der Waals surface area contributed by atoms with Gasteiger partial charge in [0.15, 0.2) is 0 Å². The molecule has 0 bridgehead atoms. The van der Waals surface area contributed by atoms with Gasteiger partial charge in [0.2, 0.25) is 0 Å². The first-order valence-electron chi connectivity index (χ1n) is 10.1. The van der Waals surface area contributed by atoms with Crippen LogP contribution in [0.4, 0.5) is 0 Å². The van der Waals surface area contributed by atoms with Crippen LogP contribution in [0, 0.1) is 0 Å². The van der Waals surface area contributed by atoms with Gasteiger partial charge in [0.25, 0.3) is 0 Å². The highest BCUT2D eigenvalue weighted by Gasteiger charge is 2.26. The Balaban J connectivity index is 1.59. The van der Waals surface area contributed by atoms with Crippen LogP contribution in [0.15, 0.2) is 48.5 Å². The van der Waals surface area contributed by atoms with Crippen molar-refractivity contribution in [2.45, 2.75) is 32.5 Å². The number of ether oxygens (including phenoxy) is 2. The Hall–Kier alpha value is -2.08. The normalized spacial score (nSPS) is 18.2. The van der Waals surface area contributed by atoms with Crippen LogP contribution in [0.2, 0.25) is 0 Å². The molecular weight excluding hydrogens is 352 g/mol. The number of hydrogen-bond acceptors (Lipinski definition) is 5. The molecule has 0 aliphatic carbocycles. The molecule has 2 aromatic carbocycles. The summed E-state index contributed by atoms with van der Waals surface area (Å²) >= 11 is 0. The number of piperazine rings is 1. The molecule has 0 unspecified atom stereocenters. The van der Waals surface area contributed by atoms with E-state index in [0.717, 1.165) is 50.6 Å². The first-order valence-corrected chi connectivity index (χ1v) is 10.1. The van der Waals surface area contributed by atoms with Crippen molar-refractivity contribution < 1.29 is 14.6 Å². The molecule has 0 amide bonds. The third-order valence-corrected chi connectivity index (χ3v) is 5.31. The first kappa shape index (κ1) is 20.6. The molecule has 1 aliphatic heterocycles. The molecule has 0 aromatic heterocycles. The van der Waals surface area contributed by atoms with Gasteiger partial charge < -0.3 is 14.6 Å². The lowest BCUT2D eigenvalue weighted by Crippen LogP contribution is -2.52. The molecule has 1 N–H and O–H groups in total. The molecule has 5 heteroatoms. The van der Waals surface area contributed by atoms with E-state index in [1.54, 1.807) is 7.11 Å². The molecule has 152 valence electrons. The lowest BCUT2D eigenvalue weighted by Gasteiger charge is -2.41. The van der Waals surface area contributed by atoms with Crippen molar-refractivity contribution in [1.29, 1.82) is 0 Å². The molecule has 1 aliphatic rings. The lowest BCUT2D eigenvalue weighted by molar-refractivity contribution is 0.0499. The van der Waals surface area contributed by atoms with Crippen LogP contribution in [-0.4, -0.2) is 60.9 Å². The molecular formula is C23H32N2O3. The van der Waals surface area contributed by atoms with Crippen LogP contribution >= 0.6 is 0 Å².